The summed E-state index contributed by atoms with van der Waals surface area (Å²) in [4.78, 5) is 13.9. The number of hydrogen-bond donors (Lipinski definition) is 1. The first-order valence-electron chi connectivity index (χ1n) is 5.07. The first kappa shape index (κ1) is 10.5. The zero-order valence-corrected chi connectivity index (χ0v) is 8.89. The fourth-order valence-electron chi connectivity index (χ4n) is 1.89. The third-order valence-electron chi connectivity index (χ3n) is 3.18. The Labute approximate surface area is 80.5 Å². The molecule has 0 saturated carbocycles. The second-order valence-electron chi connectivity index (χ2n) is 4.07. The van der Waals surface area contributed by atoms with Gasteiger partial charge in [0.2, 0.25) is 5.91 Å². The van der Waals surface area contributed by atoms with Crippen LogP contribution in [0.1, 0.15) is 26.7 Å². The van der Waals surface area contributed by atoms with Crippen molar-refractivity contribution in [1.29, 1.82) is 0 Å². The lowest BCUT2D eigenvalue weighted by Crippen LogP contribution is -2.46. The Kier molecular flexibility index (Phi) is 3.31. The van der Waals surface area contributed by atoms with Crippen LogP contribution in [0.25, 0.3) is 0 Å². The van der Waals surface area contributed by atoms with Crippen molar-refractivity contribution in [2.24, 2.45) is 5.41 Å². The van der Waals surface area contributed by atoms with Gasteiger partial charge in [-0.15, -0.1) is 0 Å². The van der Waals surface area contributed by atoms with Crippen LogP contribution in [0.2, 0.25) is 0 Å². The normalized spacial score (nSPS) is 22.7. The average Bonchev–Trinajstić information content (AvgIpc) is 2.18. The van der Waals surface area contributed by atoms with Crippen LogP contribution in [0.3, 0.4) is 0 Å². The Morgan fingerprint density at radius 1 is 1.46 bits per heavy atom. The highest BCUT2D eigenvalue weighted by molar-refractivity contribution is 5.82. The maximum absolute atomic E-state index is 11.6. The molecule has 1 aliphatic heterocycles. The van der Waals surface area contributed by atoms with Crippen LogP contribution >= 0.6 is 0 Å². The molecule has 1 fully saturated rings. The fraction of sp³-hybridized carbons (Fsp3) is 0.900. The Hall–Kier alpha value is -0.570. The Balaban J connectivity index is 2.51. The van der Waals surface area contributed by atoms with Gasteiger partial charge in [0.25, 0.3) is 0 Å². The zero-order chi connectivity index (χ0) is 9.90. The van der Waals surface area contributed by atoms with Crippen LogP contribution in [0.4, 0.5) is 0 Å². The molecule has 0 aliphatic carbocycles. The molecular weight excluding hydrogens is 164 g/mol. The van der Waals surface area contributed by atoms with E-state index in [4.69, 9.17) is 0 Å². The van der Waals surface area contributed by atoms with Gasteiger partial charge in [0.15, 0.2) is 0 Å². The molecule has 3 heteroatoms. The average molecular weight is 184 g/mol. The van der Waals surface area contributed by atoms with Crippen molar-refractivity contribution >= 4 is 5.91 Å². The summed E-state index contributed by atoms with van der Waals surface area (Å²) in [6.45, 7) is 7.45. The van der Waals surface area contributed by atoms with E-state index in [-0.39, 0.29) is 11.3 Å². The molecule has 1 N–H and O–H groups in total. The molecular formula is C10H20N2O. The van der Waals surface area contributed by atoms with Crippen molar-refractivity contribution in [2.45, 2.75) is 26.7 Å². The van der Waals surface area contributed by atoms with Crippen molar-refractivity contribution in [1.82, 2.24) is 10.2 Å². The summed E-state index contributed by atoms with van der Waals surface area (Å²) < 4.78 is 0. The Morgan fingerprint density at radius 2 is 2.00 bits per heavy atom. The van der Waals surface area contributed by atoms with Crippen LogP contribution in [-0.4, -0.2) is 37.5 Å². The monoisotopic (exact) mass is 184 g/mol. The van der Waals surface area contributed by atoms with E-state index in [0.29, 0.717) is 0 Å². The van der Waals surface area contributed by atoms with Gasteiger partial charge in [0, 0.05) is 12.5 Å². The van der Waals surface area contributed by atoms with Gasteiger partial charge in [-0.2, -0.15) is 0 Å². The molecule has 0 radical (unpaired) electrons. The van der Waals surface area contributed by atoms with E-state index in [2.05, 4.69) is 24.1 Å². The van der Waals surface area contributed by atoms with Crippen LogP contribution in [0.15, 0.2) is 0 Å². The van der Waals surface area contributed by atoms with Crippen molar-refractivity contribution in [2.75, 3.05) is 26.7 Å². The van der Waals surface area contributed by atoms with Gasteiger partial charge in [0.1, 0.15) is 0 Å². The van der Waals surface area contributed by atoms with Gasteiger partial charge in [-0.05, 0) is 32.5 Å². The van der Waals surface area contributed by atoms with Crippen LogP contribution < -0.4 is 5.32 Å². The van der Waals surface area contributed by atoms with Crippen molar-refractivity contribution in [3.8, 4) is 0 Å². The second kappa shape index (κ2) is 4.09. The largest absolute Gasteiger partial charge is 0.359 e. The molecule has 3 nitrogen and oxygen atoms in total. The molecule has 1 aliphatic rings. The molecule has 1 heterocycles. The lowest BCUT2D eigenvalue weighted by molar-refractivity contribution is -0.132. The van der Waals surface area contributed by atoms with Crippen molar-refractivity contribution < 1.29 is 4.79 Å². The number of amides is 1. The summed E-state index contributed by atoms with van der Waals surface area (Å²) in [6.07, 6.45) is 1.97. The summed E-state index contributed by atoms with van der Waals surface area (Å²) in [5.41, 5.74) is -0.125. The van der Waals surface area contributed by atoms with E-state index in [9.17, 15) is 4.79 Å². The molecule has 1 saturated heterocycles. The predicted octanol–water partition coefficient (Wildman–Crippen LogP) is 0.854. The molecule has 0 spiro atoms. The number of nitrogens with one attached hydrogen (secondary N) is 1. The van der Waals surface area contributed by atoms with E-state index in [1.807, 2.05) is 0 Å². The molecule has 1 rings (SSSR count). The first-order valence-corrected chi connectivity index (χ1v) is 5.07. The molecule has 0 atom stereocenters. The van der Waals surface area contributed by atoms with Gasteiger partial charge in [-0.1, -0.05) is 13.8 Å². The van der Waals surface area contributed by atoms with Crippen LogP contribution in [0.5, 0.6) is 0 Å². The smallest absolute Gasteiger partial charge is 0.225 e. The van der Waals surface area contributed by atoms with Gasteiger partial charge in [-0.25, -0.2) is 0 Å². The van der Waals surface area contributed by atoms with E-state index in [1.165, 1.54) is 0 Å². The van der Waals surface area contributed by atoms with E-state index >= 15 is 0 Å². The number of rotatable bonds is 2. The number of likely N-dealkylation sites (tertiary alicyclic amines) is 1. The van der Waals surface area contributed by atoms with Crippen LogP contribution in [-0.2, 0) is 4.79 Å². The maximum atomic E-state index is 11.6. The summed E-state index contributed by atoms with van der Waals surface area (Å²) in [7, 11) is 1.72. The minimum Gasteiger partial charge on any atom is -0.359 e. The Bertz CT molecular complexity index is 183. The lowest BCUT2D eigenvalue weighted by atomic mass is 9.79. The third kappa shape index (κ3) is 2.21. The number of nitrogens with zero attached hydrogens (tertiary/aromatic N) is 1. The quantitative estimate of drug-likeness (QED) is 0.690. The molecule has 13 heavy (non-hydrogen) atoms. The molecule has 0 bridgehead atoms. The highest BCUT2D eigenvalue weighted by Gasteiger charge is 2.35. The van der Waals surface area contributed by atoms with E-state index in [1.54, 1.807) is 7.05 Å². The van der Waals surface area contributed by atoms with Crippen molar-refractivity contribution in [3.63, 3.8) is 0 Å². The molecule has 0 aromatic rings. The van der Waals surface area contributed by atoms with Gasteiger partial charge >= 0.3 is 0 Å². The standard InChI is InChI=1S/C10H20N2O/c1-4-12-7-5-10(2,6-8-12)9(13)11-3/h4-8H2,1-3H3,(H,11,13). The zero-order valence-electron chi connectivity index (χ0n) is 8.89. The van der Waals surface area contributed by atoms with E-state index in [0.717, 1.165) is 32.5 Å². The molecule has 0 unspecified atom stereocenters. The molecule has 0 aromatic heterocycles. The summed E-state index contributed by atoms with van der Waals surface area (Å²) in [5.74, 6) is 0.197. The lowest BCUT2D eigenvalue weighted by Gasteiger charge is -2.37. The second-order valence-corrected chi connectivity index (χ2v) is 4.07. The first-order chi connectivity index (χ1) is 6.12. The number of hydrogen-bond acceptors (Lipinski definition) is 2. The SMILES string of the molecule is CCN1CCC(C)(C(=O)NC)CC1. The van der Waals surface area contributed by atoms with Gasteiger partial charge < -0.3 is 10.2 Å². The summed E-state index contributed by atoms with van der Waals surface area (Å²) in [5, 5.41) is 2.75. The predicted molar refractivity (Wildman–Crippen MR) is 53.5 cm³/mol. The van der Waals surface area contributed by atoms with Gasteiger partial charge in [0.05, 0.1) is 0 Å². The maximum Gasteiger partial charge on any atom is 0.225 e. The minimum absolute atomic E-state index is 0.125. The number of carbonyl (C=O) groups is 1. The van der Waals surface area contributed by atoms with Gasteiger partial charge in [-0.3, -0.25) is 4.79 Å². The number of piperidine rings is 1. The summed E-state index contributed by atoms with van der Waals surface area (Å²) in [6, 6.07) is 0. The number of carbonyl (C=O) groups excluding carboxylic acids is 1. The highest BCUT2D eigenvalue weighted by Crippen LogP contribution is 2.30. The fourth-order valence-corrected chi connectivity index (χ4v) is 1.89. The topological polar surface area (TPSA) is 32.3 Å². The van der Waals surface area contributed by atoms with E-state index < -0.39 is 0 Å². The highest BCUT2D eigenvalue weighted by atomic mass is 16.2. The Morgan fingerprint density at radius 3 is 2.38 bits per heavy atom. The minimum atomic E-state index is -0.125. The molecule has 0 aromatic carbocycles. The third-order valence-corrected chi connectivity index (χ3v) is 3.18. The summed E-state index contributed by atoms with van der Waals surface area (Å²) >= 11 is 0. The molecule has 76 valence electrons. The van der Waals surface area contributed by atoms with Crippen molar-refractivity contribution in [3.05, 3.63) is 0 Å². The van der Waals surface area contributed by atoms with Crippen LogP contribution in [0, 0.1) is 5.41 Å². The molecule has 1 amide bonds.